The van der Waals surface area contributed by atoms with Crippen molar-refractivity contribution in [1.82, 2.24) is 9.88 Å². The minimum absolute atomic E-state index is 0.0758. The van der Waals surface area contributed by atoms with E-state index in [2.05, 4.69) is 10.3 Å². The van der Waals surface area contributed by atoms with E-state index in [1.165, 1.54) is 11.3 Å². The molecule has 2 aromatic carbocycles. The predicted octanol–water partition coefficient (Wildman–Crippen LogP) is 5.67. The summed E-state index contributed by atoms with van der Waals surface area (Å²) in [5.41, 5.74) is 2.54. The molecule has 1 fully saturated rings. The first-order valence-corrected chi connectivity index (χ1v) is 12.4. The van der Waals surface area contributed by atoms with E-state index < -0.39 is 0 Å². The summed E-state index contributed by atoms with van der Waals surface area (Å²) in [6, 6.07) is 12.7. The highest BCUT2D eigenvalue weighted by atomic mass is 35.5. The molecular formula is C25H26ClN3O3S. The van der Waals surface area contributed by atoms with Crippen LogP contribution >= 0.6 is 22.9 Å². The highest BCUT2D eigenvalue weighted by molar-refractivity contribution is 7.13. The van der Waals surface area contributed by atoms with Crippen molar-refractivity contribution in [1.29, 1.82) is 0 Å². The molecule has 1 aliphatic heterocycles. The molecule has 0 spiro atoms. The minimum Gasteiger partial charge on any atom is -0.494 e. The normalized spacial score (nSPS) is 13.6. The summed E-state index contributed by atoms with van der Waals surface area (Å²) in [6.45, 7) is 4.04. The third-order valence-corrected chi connectivity index (χ3v) is 6.61. The molecule has 0 bridgehead atoms. The quantitative estimate of drug-likeness (QED) is 0.470. The lowest BCUT2D eigenvalue weighted by Gasteiger charge is -2.27. The first-order valence-electron chi connectivity index (χ1n) is 11.1. The van der Waals surface area contributed by atoms with Crippen molar-refractivity contribution in [2.45, 2.75) is 32.6 Å². The van der Waals surface area contributed by atoms with Gasteiger partial charge < -0.3 is 15.0 Å². The molecule has 2 heterocycles. The Morgan fingerprint density at radius 1 is 1.12 bits per heavy atom. The first kappa shape index (κ1) is 23.3. The molecule has 2 amide bonds. The van der Waals surface area contributed by atoms with Crippen LogP contribution in [0.3, 0.4) is 0 Å². The Morgan fingerprint density at radius 2 is 1.88 bits per heavy atom. The van der Waals surface area contributed by atoms with Crippen LogP contribution in [0.25, 0.3) is 10.6 Å². The highest BCUT2D eigenvalue weighted by Gasteiger charge is 2.22. The van der Waals surface area contributed by atoms with Gasteiger partial charge in [-0.15, -0.1) is 11.3 Å². The van der Waals surface area contributed by atoms with Gasteiger partial charge >= 0.3 is 0 Å². The van der Waals surface area contributed by atoms with Gasteiger partial charge in [-0.3, -0.25) is 9.59 Å². The fraction of sp³-hybridized carbons (Fsp3) is 0.320. The zero-order valence-corrected chi connectivity index (χ0v) is 20.0. The molecule has 8 heteroatoms. The van der Waals surface area contributed by atoms with Crippen molar-refractivity contribution in [2.24, 2.45) is 0 Å². The molecule has 172 valence electrons. The summed E-state index contributed by atoms with van der Waals surface area (Å²) < 4.78 is 5.48. The van der Waals surface area contributed by atoms with Crippen LogP contribution in [0.1, 0.15) is 42.2 Å². The molecule has 0 aliphatic carbocycles. The molecule has 0 atom stereocenters. The number of nitrogens with zero attached hydrogens (tertiary/aromatic N) is 2. The average molecular weight is 484 g/mol. The van der Waals surface area contributed by atoms with Crippen LogP contribution < -0.4 is 10.1 Å². The molecule has 1 N–H and O–H groups in total. The van der Waals surface area contributed by atoms with E-state index in [-0.39, 0.29) is 18.2 Å². The lowest BCUT2D eigenvalue weighted by molar-refractivity contribution is -0.115. The van der Waals surface area contributed by atoms with Gasteiger partial charge in [-0.05, 0) is 68.7 Å². The standard InChI is InChI=1S/C25H26ClN3O3S/c1-2-32-20-9-6-17(7-10-20)24-27-19(16-33-24)15-23(30)28-22-14-18(26)8-11-21(22)25(31)29-12-4-3-5-13-29/h6-11,14,16H,2-5,12-13,15H2,1H3,(H,28,30). The van der Waals surface area contributed by atoms with E-state index in [1.807, 2.05) is 41.5 Å². The molecule has 0 saturated carbocycles. The number of aromatic nitrogens is 1. The summed E-state index contributed by atoms with van der Waals surface area (Å²) in [6.07, 6.45) is 3.25. The zero-order chi connectivity index (χ0) is 23.2. The Kier molecular flexibility index (Phi) is 7.62. The van der Waals surface area contributed by atoms with Gasteiger partial charge in [0.25, 0.3) is 5.91 Å². The SMILES string of the molecule is CCOc1ccc(-c2nc(CC(=O)Nc3cc(Cl)ccc3C(=O)N3CCCCC3)cs2)cc1. The van der Waals surface area contributed by atoms with Crippen molar-refractivity contribution >= 4 is 40.4 Å². The van der Waals surface area contributed by atoms with Crippen LogP contribution in [0.4, 0.5) is 5.69 Å². The largest absolute Gasteiger partial charge is 0.494 e. The van der Waals surface area contributed by atoms with Gasteiger partial charge in [0.15, 0.2) is 0 Å². The molecule has 0 radical (unpaired) electrons. The number of thiazole rings is 1. The van der Waals surface area contributed by atoms with Crippen LogP contribution in [0.15, 0.2) is 47.8 Å². The Hall–Kier alpha value is -2.90. The molecule has 1 aliphatic rings. The van der Waals surface area contributed by atoms with Crippen LogP contribution in [-0.4, -0.2) is 41.4 Å². The maximum atomic E-state index is 13.0. The van der Waals surface area contributed by atoms with Crippen LogP contribution in [0.2, 0.25) is 5.02 Å². The number of ether oxygens (including phenoxy) is 1. The van der Waals surface area contributed by atoms with Crippen molar-refractivity contribution in [3.05, 3.63) is 64.1 Å². The fourth-order valence-electron chi connectivity index (χ4n) is 3.81. The number of nitrogens with one attached hydrogen (secondary N) is 1. The van der Waals surface area contributed by atoms with Crippen molar-refractivity contribution in [3.8, 4) is 16.3 Å². The number of carbonyl (C=O) groups is 2. The number of hydrogen-bond acceptors (Lipinski definition) is 5. The zero-order valence-electron chi connectivity index (χ0n) is 18.5. The third-order valence-electron chi connectivity index (χ3n) is 5.44. The van der Waals surface area contributed by atoms with Gasteiger partial charge in [0.05, 0.1) is 30.0 Å². The Labute approximate surface area is 202 Å². The Morgan fingerprint density at radius 3 is 2.61 bits per heavy atom. The smallest absolute Gasteiger partial charge is 0.255 e. The molecule has 1 saturated heterocycles. The second-order valence-electron chi connectivity index (χ2n) is 7.87. The summed E-state index contributed by atoms with van der Waals surface area (Å²) in [5, 5.41) is 6.05. The van der Waals surface area contributed by atoms with E-state index in [9.17, 15) is 9.59 Å². The van der Waals surface area contributed by atoms with E-state index in [0.29, 0.717) is 28.6 Å². The second-order valence-corrected chi connectivity index (χ2v) is 9.16. The molecule has 6 nitrogen and oxygen atoms in total. The van der Waals surface area contributed by atoms with Gasteiger partial charge in [-0.1, -0.05) is 11.6 Å². The molecule has 33 heavy (non-hydrogen) atoms. The first-order chi connectivity index (χ1) is 16.0. The molecule has 1 aromatic heterocycles. The highest BCUT2D eigenvalue weighted by Crippen LogP contribution is 2.27. The number of anilines is 1. The fourth-order valence-corrected chi connectivity index (χ4v) is 4.81. The van der Waals surface area contributed by atoms with Gasteiger partial charge in [0, 0.05) is 29.1 Å². The molecule has 0 unspecified atom stereocenters. The second kappa shape index (κ2) is 10.8. The average Bonchev–Trinajstić information content (AvgIpc) is 3.28. The number of amides is 2. The number of likely N-dealkylation sites (tertiary alicyclic amines) is 1. The van der Waals surface area contributed by atoms with Crippen molar-refractivity contribution in [3.63, 3.8) is 0 Å². The van der Waals surface area contributed by atoms with Crippen LogP contribution in [-0.2, 0) is 11.2 Å². The molecule has 4 rings (SSSR count). The van der Waals surface area contributed by atoms with E-state index in [4.69, 9.17) is 16.3 Å². The van der Waals surface area contributed by atoms with E-state index in [1.54, 1.807) is 18.2 Å². The van der Waals surface area contributed by atoms with Crippen molar-refractivity contribution in [2.75, 3.05) is 25.0 Å². The summed E-state index contributed by atoms with van der Waals surface area (Å²) in [7, 11) is 0. The lowest BCUT2D eigenvalue weighted by atomic mass is 10.1. The summed E-state index contributed by atoms with van der Waals surface area (Å²) in [5.74, 6) is 0.496. The number of hydrogen-bond donors (Lipinski definition) is 1. The number of piperidine rings is 1. The Balaban J connectivity index is 1.44. The summed E-state index contributed by atoms with van der Waals surface area (Å²) in [4.78, 5) is 32.2. The van der Waals surface area contributed by atoms with Crippen LogP contribution in [0, 0.1) is 0 Å². The maximum Gasteiger partial charge on any atom is 0.255 e. The predicted molar refractivity (Wildman–Crippen MR) is 132 cm³/mol. The molecular weight excluding hydrogens is 458 g/mol. The topological polar surface area (TPSA) is 71.5 Å². The third kappa shape index (κ3) is 5.92. The van der Waals surface area contributed by atoms with Gasteiger partial charge in [-0.25, -0.2) is 4.98 Å². The van der Waals surface area contributed by atoms with Gasteiger partial charge in [0.2, 0.25) is 5.91 Å². The van der Waals surface area contributed by atoms with E-state index in [0.717, 1.165) is 48.7 Å². The summed E-state index contributed by atoms with van der Waals surface area (Å²) >= 11 is 7.64. The van der Waals surface area contributed by atoms with E-state index >= 15 is 0 Å². The van der Waals surface area contributed by atoms with Crippen LogP contribution in [0.5, 0.6) is 5.75 Å². The lowest BCUT2D eigenvalue weighted by Crippen LogP contribution is -2.36. The number of carbonyl (C=O) groups excluding carboxylic acids is 2. The minimum atomic E-state index is -0.242. The van der Waals surface area contributed by atoms with Gasteiger partial charge in [-0.2, -0.15) is 0 Å². The monoisotopic (exact) mass is 483 g/mol. The number of halogens is 1. The van der Waals surface area contributed by atoms with Gasteiger partial charge in [0.1, 0.15) is 10.8 Å². The van der Waals surface area contributed by atoms with Crippen molar-refractivity contribution < 1.29 is 14.3 Å². The number of rotatable bonds is 7. The Bertz CT molecular complexity index is 1120. The number of benzene rings is 2. The maximum absolute atomic E-state index is 13.0. The molecule has 3 aromatic rings.